The molecule has 1 aromatic heterocycles. The summed E-state index contributed by atoms with van der Waals surface area (Å²) in [5.41, 5.74) is 5.90. The van der Waals surface area contributed by atoms with Gasteiger partial charge in [-0.25, -0.2) is 14.5 Å². The topological polar surface area (TPSA) is 84.6 Å². The van der Waals surface area contributed by atoms with Crippen LogP contribution in [0.2, 0.25) is 0 Å². The van der Waals surface area contributed by atoms with E-state index in [9.17, 15) is 18.0 Å². The number of aromatic nitrogens is 3. The number of aryl methyl sites for hydroxylation is 2. The Morgan fingerprint density at radius 2 is 1.86 bits per heavy atom. The smallest absolute Gasteiger partial charge is 0.406 e. The monoisotopic (exact) mass is 608 g/mol. The Hall–Kier alpha value is -4.32. The fourth-order valence-corrected chi connectivity index (χ4v) is 5.87. The van der Waals surface area contributed by atoms with E-state index in [2.05, 4.69) is 69.0 Å². The summed E-state index contributed by atoms with van der Waals surface area (Å²) in [6, 6.07) is 19.3. The predicted octanol–water partition coefficient (Wildman–Crippen LogP) is 6.95. The Morgan fingerprint density at radius 3 is 2.56 bits per heavy atom. The van der Waals surface area contributed by atoms with Crippen LogP contribution in [-0.4, -0.2) is 50.7 Å². The second kappa shape index (κ2) is 12.9. The van der Waals surface area contributed by atoms with Crippen molar-refractivity contribution in [2.45, 2.75) is 46.0 Å². The van der Waals surface area contributed by atoms with Crippen LogP contribution in [0.15, 0.2) is 78.0 Å². The molecule has 0 spiro atoms. The van der Waals surface area contributed by atoms with E-state index in [-0.39, 0.29) is 17.8 Å². The lowest BCUT2D eigenvalue weighted by atomic mass is 10.1. The van der Waals surface area contributed by atoms with Crippen molar-refractivity contribution in [2.75, 3.05) is 17.2 Å². The predicted molar refractivity (Wildman–Crippen MR) is 163 cm³/mol. The molecule has 8 nitrogen and oxygen atoms in total. The Morgan fingerprint density at radius 1 is 1.12 bits per heavy atom. The number of nitrogens with one attached hydrogen (secondary N) is 1. The molecule has 1 saturated heterocycles. The normalized spacial score (nSPS) is 16.1. The van der Waals surface area contributed by atoms with Crippen LogP contribution in [0.25, 0.3) is 17.1 Å². The number of urea groups is 1. The van der Waals surface area contributed by atoms with Crippen molar-refractivity contribution in [1.29, 1.82) is 0 Å². The van der Waals surface area contributed by atoms with Gasteiger partial charge in [0.1, 0.15) is 12.1 Å². The molecule has 4 aromatic rings. The average Bonchev–Trinajstić information content (AvgIpc) is 3.60. The Bertz CT molecular complexity index is 1600. The molecule has 1 unspecified atom stereocenters. The highest BCUT2D eigenvalue weighted by molar-refractivity contribution is 8.14. The molecule has 0 radical (unpaired) electrons. The van der Waals surface area contributed by atoms with Crippen LogP contribution in [0.5, 0.6) is 5.75 Å². The summed E-state index contributed by atoms with van der Waals surface area (Å²) in [5, 5.41) is 8.05. The standard InChI is InChI=1S/C31H31F3N6O2S/c1-4-23-17-20(2)5-14-27(23)40-21(3)18-43-30(40)37-29(41)35-16-15-22-6-8-24(9-7-22)28-36-19-39(38-28)25-10-12-26(13-11-25)42-31(32,33)34/h5-14,17,19,21H,4,15-16,18H2,1-3H3,(H,35,41). The highest BCUT2D eigenvalue weighted by Crippen LogP contribution is 2.33. The number of thioether (sulfide) groups is 1. The first-order valence-electron chi connectivity index (χ1n) is 13.8. The third-order valence-electron chi connectivity index (χ3n) is 6.90. The third-order valence-corrected chi connectivity index (χ3v) is 8.10. The second-order valence-corrected chi connectivity index (χ2v) is 11.1. The number of nitrogens with zero attached hydrogens (tertiary/aromatic N) is 5. The molecule has 0 bridgehead atoms. The van der Waals surface area contributed by atoms with Gasteiger partial charge in [-0.1, -0.05) is 60.6 Å². The van der Waals surface area contributed by atoms with Gasteiger partial charge in [-0.05, 0) is 68.1 Å². The van der Waals surface area contributed by atoms with Crippen molar-refractivity contribution in [2.24, 2.45) is 4.99 Å². The highest BCUT2D eigenvalue weighted by Gasteiger charge is 2.31. The number of amidine groups is 1. The lowest BCUT2D eigenvalue weighted by Crippen LogP contribution is -2.34. The number of halogens is 3. The lowest BCUT2D eigenvalue weighted by Gasteiger charge is -2.26. The molecule has 2 amide bonds. The van der Waals surface area contributed by atoms with Gasteiger partial charge in [0.2, 0.25) is 0 Å². The van der Waals surface area contributed by atoms with Gasteiger partial charge < -0.3 is 15.0 Å². The van der Waals surface area contributed by atoms with E-state index in [0.29, 0.717) is 29.6 Å². The zero-order valence-electron chi connectivity index (χ0n) is 23.9. The molecule has 1 aliphatic heterocycles. The zero-order chi connectivity index (χ0) is 30.6. The first-order chi connectivity index (χ1) is 20.6. The van der Waals surface area contributed by atoms with Gasteiger partial charge >= 0.3 is 12.4 Å². The van der Waals surface area contributed by atoms with E-state index in [1.807, 2.05) is 24.3 Å². The van der Waals surface area contributed by atoms with Gasteiger partial charge in [-0.3, -0.25) is 0 Å². The molecule has 43 heavy (non-hydrogen) atoms. The van der Waals surface area contributed by atoms with Crippen LogP contribution in [0.4, 0.5) is 23.7 Å². The van der Waals surface area contributed by atoms with E-state index in [1.54, 1.807) is 11.8 Å². The van der Waals surface area contributed by atoms with Crippen LogP contribution < -0.4 is 15.0 Å². The largest absolute Gasteiger partial charge is 0.573 e. The van der Waals surface area contributed by atoms with Crippen LogP contribution in [-0.2, 0) is 12.8 Å². The number of hydrogen-bond acceptors (Lipinski definition) is 5. The molecule has 1 atom stereocenters. The lowest BCUT2D eigenvalue weighted by molar-refractivity contribution is -0.274. The van der Waals surface area contributed by atoms with E-state index < -0.39 is 6.36 Å². The number of carbonyl (C=O) groups is 1. The highest BCUT2D eigenvalue weighted by atomic mass is 32.2. The van der Waals surface area contributed by atoms with Crippen molar-refractivity contribution in [1.82, 2.24) is 20.1 Å². The van der Waals surface area contributed by atoms with Gasteiger partial charge in [0.15, 0.2) is 11.0 Å². The Labute approximate surface area is 252 Å². The zero-order valence-corrected chi connectivity index (χ0v) is 24.7. The van der Waals surface area contributed by atoms with E-state index in [4.69, 9.17) is 0 Å². The molecule has 0 aliphatic carbocycles. The number of ether oxygens (including phenoxy) is 1. The number of carbonyl (C=O) groups excluding carboxylic acids is 1. The maximum absolute atomic E-state index is 12.7. The van der Waals surface area contributed by atoms with Gasteiger partial charge in [0, 0.05) is 29.6 Å². The van der Waals surface area contributed by atoms with Crippen molar-refractivity contribution in [3.05, 3.63) is 89.7 Å². The molecule has 3 aromatic carbocycles. The first kappa shape index (κ1) is 30.1. The summed E-state index contributed by atoms with van der Waals surface area (Å²) in [7, 11) is 0. The summed E-state index contributed by atoms with van der Waals surface area (Å²) in [5.74, 6) is 1.03. The number of aliphatic imine (C=N–C) groups is 1. The summed E-state index contributed by atoms with van der Waals surface area (Å²) in [4.78, 5) is 23.6. The van der Waals surface area contributed by atoms with Crippen LogP contribution in [0, 0.1) is 6.92 Å². The van der Waals surface area contributed by atoms with Gasteiger partial charge in [-0.15, -0.1) is 18.3 Å². The summed E-state index contributed by atoms with van der Waals surface area (Å²) < 4.78 is 42.6. The maximum Gasteiger partial charge on any atom is 0.573 e. The maximum atomic E-state index is 12.7. The molecule has 12 heteroatoms. The van der Waals surface area contributed by atoms with Crippen molar-refractivity contribution in [3.63, 3.8) is 0 Å². The Kier molecular flexibility index (Phi) is 9.05. The SMILES string of the molecule is CCc1cc(C)ccc1N1C(=NC(=O)NCCc2ccc(-c3ncn(-c4ccc(OC(F)(F)F)cc4)n3)cc2)SCC1C. The van der Waals surface area contributed by atoms with Gasteiger partial charge in [-0.2, -0.15) is 4.99 Å². The quantitative estimate of drug-likeness (QED) is 0.233. The van der Waals surface area contributed by atoms with Crippen molar-refractivity contribution < 1.29 is 22.7 Å². The molecule has 224 valence electrons. The van der Waals surface area contributed by atoms with E-state index in [0.717, 1.165) is 29.0 Å². The third kappa shape index (κ3) is 7.56. The number of amides is 2. The summed E-state index contributed by atoms with van der Waals surface area (Å²) in [6.45, 7) is 6.79. The minimum Gasteiger partial charge on any atom is -0.406 e. The molecule has 0 saturated carbocycles. The molecule has 1 N–H and O–H groups in total. The minimum absolute atomic E-state index is 0.238. The van der Waals surface area contributed by atoms with Crippen molar-refractivity contribution in [3.8, 4) is 22.8 Å². The van der Waals surface area contributed by atoms with Crippen LogP contribution in [0.1, 0.15) is 30.5 Å². The molecule has 1 aliphatic rings. The second-order valence-electron chi connectivity index (χ2n) is 10.1. The van der Waals surface area contributed by atoms with Crippen LogP contribution >= 0.6 is 11.8 Å². The molecule has 1 fully saturated rings. The van der Waals surface area contributed by atoms with Gasteiger partial charge in [0.05, 0.1) is 5.69 Å². The summed E-state index contributed by atoms with van der Waals surface area (Å²) >= 11 is 1.59. The van der Waals surface area contributed by atoms with Gasteiger partial charge in [0.25, 0.3) is 0 Å². The fraction of sp³-hybridized carbons (Fsp3) is 0.290. The molecule has 5 rings (SSSR count). The number of alkyl halides is 3. The van der Waals surface area contributed by atoms with Crippen LogP contribution in [0.3, 0.4) is 0 Å². The minimum atomic E-state index is -4.75. The number of anilines is 1. The number of hydrogen-bond donors (Lipinski definition) is 1. The number of benzene rings is 3. The molecule has 2 heterocycles. The van der Waals surface area contributed by atoms with Crippen molar-refractivity contribution >= 4 is 28.6 Å². The fourth-order valence-electron chi connectivity index (χ4n) is 4.77. The Balaban J connectivity index is 1.16. The molecular weight excluding hydrogens is 577 g/mol. The number of rotatable bonds is 8. The molecular formula is C31H31F3N6O2S. The van der Waals surface area contributed by atoms with E-state index >= 15 is 0 Å². The van der Waals surface area contributed by atoms with E-state index in [1.165, 1.54) is 46.4 Å². The summed E-state index contributed by atoms with van der Waals surface area (Å²) in [6.07, 6.45) is -1.73. The first-order valence-corrected chi connectivity index (χ1v) is 14.8. The average molecular weight is 609 g/mol.